The van der Waals surface area contributed by atoms with Crippen LogP contribution in [0, 0.1) is 0 Å². The molecule has 0 spiro atoms. The Balaban J connectivity index is 2.11. The zero-order valence-electron chi connectivity index (χ0n) is 16.5. The van der Waals surface area contributed by atoms with Gasteiger partial charge >= 0.3 is 0 Å². The average molecular weight is 363 g/mol. The van der Waals surface area contributed by atoms with E-state index in [4.69, 9.17) is 14.5 Å². The number of hydrogen-bond donors (Lipinski definition) is 2. The molecule has 1 aliphatic rings. The van der Waals surface area contributed by atoms with E-state index in [-0.39, 0.29) is 6.04 Å². The fourth-order valence-corrected chi connectivity index (χ4v) is 3.05. The lowest BCUT2D eigenvalue weighted by molar-refractivity contribution is 0.0179. The van der Waals surface area contributed by atoms with Gasteiger partial charge in [0.25, 0.3) is 0 Å². The summed E-state index contributed by atoms with van der Waals surface area (Å²) in [6.07, 6.45) is 2.32. The molecule has 1 unspecified atom stereocenters. The summed E-state index contributed by atoms with van der Waals surface area (Å²) in [5, 5.41) is 6.77. The van der Waals surface area contributed by atoms with E-state index < -0.39 is 0 Å². The first-order valence-electron chi connectivity index (χ1n) is 9.76. The van der Waals surface area contributed by atoms with E-state index in [2.05, 4.69) is 41.5 Å². The second-order valence-electron chi connectivity index (χ2n) is 6.44. The number of morpholine rings is 1. The van der Waals surface area contributed by atoms with Crippen molar-refractivity contribution in [2.45, 2.75) is 32.7 Å². The minimum atomic E-state index is 0.242. The number of hydrogen-bond acceptors (Lipinski definition) is 4. The average Bonchev–Trinajstić information content (AvgIpc) is 2.69. The van der Waals surface area contributed by atoms with Crippen LogP contribution in [0.15, 0.2) is 29.3 Å². The lowest BCUT2D eigenvalue weighted by atomic mass is 10.0. The normalized spacial score (nSPS) is 17.0. The van der Waals surface area contributed by atoms with Crippen molar-refractivity contribution in [2.24, 2.45) is 4.99 Å². The largest absolute Gasteiger partial charge is 0.497 e. The highest BCUT2D eigenvalue weighted by Crippen LogP contribution is 2.24. The topological polar surface area (TPSA) is 58.1 Å². The first kappa shape index (κ1) is 20.5. The summed E-state index contributed by atoms with van der Waals surface area (Å²) in [6.45, 7) is 10.3. The van der Waals surface area contributed by atoms with Crippen LogP contribution < -0.4 is 15.4 Å². The van der Waals surface area contributed by atoms with Crippen LogP contribution in [0.5, 0.6) is 5.75 Å². The maximum absolute atomic E-state index is 5.53. The molecule has 6 heteroatoms. The number of aliphatic imine (C=N–C) groups is 1. The number of unbranched alkanes of at least 4 members (excludes halogenated alkanes) is 1. The van der Waals surface area contributed by atoms with E-state index >= 15 is 0 Å². The highest BCUT2D eigenvalue weighted by atomic mass is 16.5. The monoisotopic (exact) mass is 362 g/mol. The van der Waals surface area contributed by atoms with E-state index in [1.165, 1.54) is 12.0 Å². The second kappa shape index (κ2) is 11.8. The smallest absolute Gasteiger partial charge is 0.191 e. The summed E-state index contributed by atoms with van der Waals surface area (Å²) in [5.41, 5.74) is 1.26. The number of nitrogens with one attached hydrogen (secondary N) is 2. The molecule has 6 nitrogen and oxygen atoms in total. The molecule has 1 heterocycles. The van der Waals surface area contributed by atoms with Crippen molar-refractivity contribution in [3.8, 4) is 5.75 Å². The molecule has 1 aromatic rings. The molecule has 1 aromatic carbocycles. The van der Waals surface area contributed by atoms with Crippen LogP contribution in [0.25, 0.3) is 0 Å². The minimum absolute atomic E-state index is 0.242. The number of nitrogens with zero attached hydrogens (tertiary/aromatic N) is 2. The molecular formula is C20H34N4O2. The fourth-order valence-electron chi connectivity index (χ4n) is 3.05. The lowest BCUT2D eigenvalue weighted by Gasteiger charge is -2.34. The Morgan fingerprint density at radius 1 is 1.19 bits per heavy atom. The number of methoxy groups -OCH3 is 1. The van der Waals surface area contributed by atoms with Crippen LogP contribution in [0.2, 0.25) is 0 Å². The molecule has 0 bridgehead atoms. The van der Waals surface area contributed by atoms with Gasteiger partial charge in [-0.2, -0.15) is 0 Å². The second-order valence-corrected chi connectivity index (χ2v) is 6.44. The van der Waals surface area contributed by atoms with Crippen molar-refractivity contribution in [3.05, 3.63) is 29.8 Å². The molecular weight excluding hydrogens is 328 g/mol. The molecule has 146 valence electrons. The summed E-state index contributed by atoms with van der Waals surface area (Å²) < 4.78 is 10.8. The Labute approximate surface area is 158 Å². The molecule has 1 fully saturated rings. The van der Waals surface area contributed by atoms with Crippen molar-refractivity contribution < 1.29 is 9.47 Å². The van der Waals surface area contributed by atoms with E-state index in [9.17, 15) is 0 Å². The molecule has 0 radical (unpaired) electrons. The minimum Gasteiger partial charge on any atom is -0.497 e. The van der Waals surface area contributed by atoms with Gasteiger partial charge in [-0.3, -0.25) is 9.89 Å². The number of benzene rings is 1. The lowest BCUT2D eigenvalue weighted by Crippen LogP contribution is -2.42. The molecule has 1 saturated heterocycles. The number of ether oxygens (including phenoxy) is 2. The first-order valence-corrected chi connectivity index (χ1v) is 9.76. The van der Waals surface area contributed by atoms with Gasteiger partial charge < -0.3 is 20.1 Å². The Bertz CT molecular complexity index is 527. The van der Waals surface area contributed by atoms with Crippen molar-refractivity contribution in [1.29, 1.82) is 0 Å². The van der Waals surface area contributed by atoms with Crippen LogP contribution in [0.3, 0.4) is 0 Å². The molecule has 0 aliphatic carbocycles. The maximum Gasteiger partial charge on any atom is 0.191 e. The number of rotatable bonds is 9. The molecule has 1 atom stereocenters. The first-order chi connectivity index (χ1) is 12.8. The molecule has 1 aliphatic heterocycles. The third-order valence-corrected chi connectivity index (χ3v) is 4.58. The zero-order chi connectivity index (χ0) is 18.6. The van der Waals surface area contributed by atoms with Crippen molar-refractivity contribution >= 4 is 5.96 Å². The fraction of sp³-hybridized carbons (Fsp3) is 0.650. The molecule has 2 N–H and O–H groups in total. The van der Waals surface area contributed by atoms with Gasteiger partial charge in [0, 0.05) is 26.2 Å². The molecule has 26 heavy (non-hydrogen) atoms. The summed E-state index contributed by atoms with van der Waals surface area (Å²) in [6, 6.07) is 8.58. The van der Waals surface area contributed by atoms with Crippen LogP contribution in [0.4, 0.5) is 0 Å². The molecule has 0 amide bonds. The summed E-state index contributed by atoms with van der Waals surface area (Å²) in [4.78, 5) is 7.32. The van der Waals surface area contributed by atoms with Gasteiger partial charge in [0.05, 0.1) is 32.9 Å². The summed E-state index contributed by atoms with van der Waals surface area (Å²) in [7, 11) is 1.70. The molecule has 2 rings (SSSR count). The third-order valence-electron chi connectivity index (χ3n) is 4.58. The van der Waals surface area contributed by atoms with Gasteiger partial charge in [-0.25, -0.2) is 0 Å². The Morgan fingerprint density at radius 3 is 2.54 bits per heavy atom. The summed E-state index contributed by atoms with van der Waals surface area (Å²) >= 11 is 0. The van der Waals surface area contributed by atoms with Crippen molar-refractivity contribution in [2.75, 3.05) is 53.0 Å². The van der Waals surface area contributed by atoms with Crippen LogP contribution in [-0.2, 0) is 4.74 Å². The summed E-state index contributed by atoms with van der Waals surface area (Å²) in [5.74, 6) is 1.78. The number of guanidine groups is 1. The van der Waals surface area contributed by atoms with Gasteiger partial charge in [0.1, 0.15) is 5.75 Å². The Kier molecular flexibility index (Phi) is 9.28. The Hall–Kier alpha value is -1.79. The van der Waals surface area contributed by atoms with E-state index in [1.807, 2.05) is 12.1 Å². The van der Waals surface area contributed by atoms with Crippen LogP contribution >= 0.6 is 0 Å². The predicted molar refractivity (Wildman–Crippen MR) is 107 cm³/mol. The standard InChI is InChI=1S/C20H34N4O2/c1-4-6-11-22-20(21-5-2)23-16-19(24-12-14-26-15-13-24)17-7-9-18(25-3)10-8-17/h7-10,19H,4-6,11-16H2,1-3H3,(H2,21,22,23). The van der Waals surface area contributed by atoms with Crippen molar-refractivity contribution in [1.82, 2.24) is 15.5 Å². The Morgan fingerprint density at radius 2 is 1.92 bits per heavy atom. The quantitative estimate of drug-likeness (QED) is 0.401. The van der Waals surface area contributed by atoms with E-state index in [1.54, 1.807) is 7.11 Å². The SMILES string of the molecule is CCCCNC(=NCC(c1ccc(OC)cc1)N1CCOCC1)NCC. The third kappa shape index (κ3) is 6.50. The van der Waals surface area contributed by atoms with Crippen LogP contribution in [-0.4, -0.2) is 63.9 Å². The van der Waals surface area contributed by atoms with Crippen molar-refractivity contribution in [3.63, 3.8) is 0 Å². The molecule has 0 saturated carbocycles. The van der Waals surface area contributed by atoms with Gasteiger partial charge in [-0.05, 0) is 31.0 Å². The van der Waals surface area contributed by atoms with Crippen LogP contribution in [0.1, 0.15) is 38.3 Å². The maximum atomic E-state index is 5.53. The van der Waals surface area contributed by atoms with E-state index in [0.717, 1.165) is 57.5 Å². The van der Waals surface area contributed by atoms with Gasteiger partial charge in [0.15, 0.2) is 5.96 Å². The highest BCUT2D eigenvalue weighted by Gasteiger charge is 2.22. The zero-order valence-corrected chi connectivity index (χ0v) is 16.5. The van der Waals surface area contributed by atoms with Gasteiger partial charge in [-0.1, -0.05) is 25.5 Å². The highest BCUT2D eigenvalue weighted by molar-refractivity contribution is 5.79. The molecule has 0 aromatic heterocycles. The van der Waals surface area contributed by atoms with Gasteiger partial charge in [0.2, 0.25) is 0 Å². The van der Waals surface area contributed by atoms with E-state index in [0.29, 0.717) is 6.54 Å². The van der Waals surface area contributed by atoms with Gasteiger partial charge in [-0.15, -0.1) is 0 Å². The predicted octanol–water partition coefficient (Wildman–Crippen LogP) is 2.42.